The Balaban J connectivity index is 1.70. The lowest BCUT2D eigenvalue weighted by atomic mass is 10.2. The van der Waals surface area contributed by atoms with Gasteiger partial charge in [-0.25, -0.2) is 19.9 Å². The van der Waals surface area contributed by atoms with Crippen LogP contribution in [0.5, 0.6) is 17.4 Å². The summed E-state index contributed by atoms with van der Waals surface area (Å²) in [5.41, 5.74) is 1.57. The largest absolute Gasteiger partial charge is 0.494 e. The van der Waals surface area contributed by atoms with Crippen molar-refractivity contribution in [1.82, 2.24) is 34.1 Å². The van der Waals surface area contributed by atoms with Gasteiger partial charge in [-0.3, -0.25) is 9.29 Å². The summed E-state index contributed by atoms with van der Waals surface area (Å²) in [5.74, 6) is 1.85. The SMILES string of the molecule is CCOc1cccc(-c2nc3ncc(NS(=O)(=O)N4CCNCC4)nc3n2-c2c(OC)cccc2OC)n1. The second kappa shape index (κ2) is 10.8. The molecule has 1 aliphatic heterocycles. The molecule has 0 saturated carbocycles. The van der Waals surface area contributed by atoms with Crippen LogP contribution in [-0.2, 0) is 10.2 Å². The third-order valence-electron chi connectivity index (χ3n) is 5.89. The number of imidazole rings is 1. The number of pyridine rings is 1. The molecular formula is C24H28N8O5S. The fourth-order valence-electron chi connectivity index (χ4n) is 4.19. The molecule has 200 valence electrons. The lowest BCUT2D eigenvalue weighted by Gasteiger charge is -2.26. The quantitative estimate of drug-likeness (QED) is 0.323. The predicted molar refractivity (Wildman–Crippen MR) is 141 cm³/mol. The minimum absolute atomic E-state index is 0.0497. The van der Waals surface area contributed by atoms with Crippen molar-refractivity contribution in [2.45, 2.75) is 6.92 Å². The molecule has 1 fully saturated rings. The van der Waals surface area contributed by atoms with Gasteiger partial charge in [0.2, 0.25) is 5.88 Å². The second-order valence-corrected chi connectivity index (χ2v) is 9.91. The van der Waals surface area contributed by atoms with Crippen LogP contribution in [0.25, 0.3) is 28.5 Å². The van der Waals surface area contributed by atoms with Crippen LogP contribution in [0, 0.1) is 0 Å². The molecule has 0 amide bonds. The number of aromatic nitrogens is 5. The number of ether oxygens (including phenoxy) is 3. The Bertz CT molecular complexity index is 1530. The molecule has 0 unspecified atom stereocenters. The Hall–Kier alpha value is -4.01. The smallest absolute Gasteiger partial charge is 0.302 e. The molecule has 4 heterocycles. The molecule has 14 heteroatoms. The van der Waals surface area contributed by atoms with Gasteiger partial charge in [0.25, 0.3) is 0 Å². The van der Waals surface area contributed by atoms with Crippen LogP contribution < -0.4 is 24.2 Å². The first-order chi connectivity index (χ1) is 18.4. The van der Waals surface area contributed by atoms with Crippen molar-refractivity contribution in [1.29, 1.82) is 0 Å². The highest BCUT2D eigenvalue weighted by Crippen LogP contribution is 2.38. The van der Waals surface area contributed by atoms with E-state index in [1.807, 2.05) is 13.0 Å². The van der Waals surface area contributed by atoms with Gasteiger partial charge in [-0.15, -0.1) is 0 Å². The van der Waals surface area contributed by atoms with E-state index in [4.69, 9.17) is 19.2 Å². The molecule has 0 spiro atoms. The van der Waals surface area contributed by atoms with E-state index < -0.39 is 10.2 Å². The van der Waals surface area contributed by atoms with Crippen molar-refractivity contribution in [3.63, 3.8) is 0 Å². The summed E-state index contributed by atoms with van der Waals surface area (Å²) in [7, 11) is -0.742. The Morgan fingerprint density at radius 3 is 2.39 bits per heavy atom. The van der Waals surface area contributed by atoms with Gasteiger partial charge in [0.1, 0.15) is 22.9 Å². The average Bonchev–Trinajstić information content (AvgIpc) is 3.31. The molecule has 4 aromatic rings. The summed E-state index contributed by atoms with van der Waals surface area (Å²) in [4.78, 5) is 18.3. The molecule has 1 aliphatic rings. The number of hydrogen-bond donors (Lipinski definition) is 2. The van der Waals surface area contributed by atoms with Gasteiger partial charge in [-0.05, 0) is 25.1 Å². The zero-order valence-corrected chi connectivity index (χ0v) is 22.0. The van der Waals surface area contributed by atoms with E-state index in [2.05, 4.69) is 25.0 Å². The fraction of sp³-hybridized carbons (Fsp3) is 0.333. The number of para-hydroxylation sites is 1. The fourth-order valence-corrected chi connectivity index (χ4v) is 5.34. The van der Waals surface area contributed by atoms with Gasteiger partial charge in [0, 0.05) is 32.2 Å². The second-order valence-electron chi connectivity index (χ2n) is 8.23. The van der Waals surface area contributed by atoms with E-state index >= 15 is 0 Å². The van der Waals surface area contributed by atoms with Crippen LogP contribution in [0.15, 0.2) is 42.6 Å². The minimum Gasteiger partial charge on any atom is -0.494 e. The van der Waals surface area contributed by atoms with E-state index in [1.165, 1.54) is 10.5 Å². The molecule has 1 saturated heterocycles. The number of piperazine rings is 1. The molecular weight excluding hydrogens is 512 g/mol. The first-order valence-corrected chi connectivity index (χ1v) is 13.4. The van der Waals surface area contributed by atoms with E-state index in [9.17, 15) is 8.42 Å². The van der Waals surface area contributed by atoms with Gasteiger partial charge in [0.05, 0.1) is 27.0 Å². The molecule has 1 aromatic carbocycles. The first-order valence-electron chi connectivity index (χ1n) is 12.0. The van der Waals surface area contributed by atoms with Crippen LogP contribution in [0.3, 0.4) is 0 Å². The molecule has 0 aliphatic carbocycles. The maximum absolute atomic E-state index is 13.0. The maximum Gasteiger partial charge on any atom is 0.302 e. The van der Waals surface area contributed by atoms with Crippen LogP contribution in [-0.4, -0.2) is 84.2 Å². The van der Waals surface area contributed by atoms with Gasteiger partial charge in [-0.2, -0.15) is 12.7 Å². The van der Waals surface area contributed by atoms with Crippen molar-refractivity contribution in [2.24, 2.45) is 0 Å². The number of hydrogen-bond acceptors (Lipinski definition) is 10. The maximum atomic E-state index is 13.0. The van der Waals surface area contributed by atoms with Crippen LogP contribution in [0.4, 0.5) is 5.82 Å². The standard InChI is InChI=1S/C24H28N8O5S/c1-4-37-20-10-5-7-16(27-20)23-29-22-24(32(23)21-17(35-2)8-6-9-18(21)36-3)28-19(15-26-22)30-38(33,34)31-13-11-25-12-14-31/h5-10,15,25H,4,11-14H2,1-3H3,(H,28,30). The molecule has 3 aromatic heterocycles. The van der Waals surface area contributed by atoms with Crippen LogP contribution in [0.1, 0.15) is 6.92 Å². The third-order valence-corrected chi connectivity index (χ3v) is 7.40. The third kappa shape index (κ3) is 4.92. The monoisotopic (exact) mass is 540 g/mol. The Morgan fingerprint density at radius 1 is 1.00 bits per heavy atom. The number of methoxy groups -OCH3 is 2. The zero-order chi connectivity index (χ0) is 26.7. The number of benzene rings is 1. The highest BCUT2D eigenvalue weighted by Gasteiger charge is 2.27. The van der Waals surface area contributed by atoms with Crippen molar-refractivity contribution in [3.8, 4) is 34.6 Å². The number of nitrogens with zero attached hydrogens (tertiary/aromatic N) is 6. The molecule has 38 heavy (non-hydrogen) atoms. The van der Waals surface area contributed by atoms with Gasteiger partial charge in [0.15, 0.2) is 22.9 Å². The molecule has 5 rings (SSSR count). The van der Waals surface area contributed by atoms with E-state index in [1.54, 1.807) is 49.1 Å². The lowest BCUT2D eigenvalue weighted by molar-refractivity contribution is 0.327. The lowest BCUT2D eigenvalue weighted by Crippen LogP contribution is -2.48. The number of anilines is 1. The van der Waals surface area contributed by atoms with Gasteiger partial charge in [-0.1, -0.05) is 12.1 Å². The Labute approximate surface area is 220 Å². The number of rotatable bonds is 9. The summed E-state index contributed by atoms with van der Waals surface area (Å²) < 4.78 is 48.5. The highest BCUT2D eigenvalue weighted by molar-refractivity contribution is 7.90. The summed E-state index contributed by atoms with van der Waals surface area (Å²) >= 11 is 0. The van der Waals surface area contributed by atoms with Crippen LogP contribution in [0.2, 0.25) is 0 Å². The summed E-state index contributed by atoms with van der Waals surface area (Å²) in [6.45, 7) is 4.18. The summed E-state index contributed by atoms with van der Waals surface area (Å²) in [6, 6.07) is 10.7. The van der Waals surface area contributed by atoms with Crippen LogP contribution >= 0.6 is 0 Å². The van der Waals surface area contributed by atoms with Crippen molar-refractivity contribution in [3.05, 3.63) is 42.6 Å². The molecule has 0 atom stereocenters. The molecule has 13 nitrogen and oxygen atoms in total. The van der Waals surface area contributed by atoms with E-state index in [0.717, 1.165) is 0 Å². The predicted octanol–water partition coefficient (Wildman–Crippen LogP) is 1.86. The van der Waals surface area contributed by atoms with Gasteiger partial charge < -0.3 is 19.5 Å². The van der Waals surface area contributed by atoms with E-state index in [-0.39, 0.29) is 17.1 Å². The summed E-state index contributed by atoms with van der Waals surface area (Å²) in [6.07, 6.45) is 1.34. The molecule has 0 bridgehead atoms. The average molecular weight is 541 g/mol. The first kappa shape index (κ1) is 25.6. The number of fused-ring (bicyclic) bond motifs is 1. The Kier molecular flexibility index (Phi) is 7.26. The molecule has 2 N–H and O–H groups in total. The normalized spacial score (nSPS) is 14.4. The summed E-state index contributed by atoms with van der Waals surface area (Å²) in [5, 5.41) is 3.14. The van der Waals surface area contributed by atoms with Crippen molar-refractivity contribution >= 4 is 27.3 Å². The van der Waals surface area contributed by atoms with Crippen molar-refractivity contribution in [2.75, 3.05) is 51.7 Å². The molecule has 0 radical (unpaired) electrons. The zero-order valence-electron chi connectivity index (χ0n) is 21.2. The topological polar surface area (TPSA) is 146 Å². The van der Waals surface area contributed by atoms with Crippen molar-refractivity contribution < 1.29 is 22.6 Å². The minimum atomic E-state index is -3.83. The number of nitrogens with one attached hydrogen (secondary N) is 2. The highest BCUT2D eigenvalue weighted by atomic mass is 32.2. The van der Waals surface area contributed by atoms with E-state index in [0.29, 0.717) is 67.4 Å². The Morgan fingerprint density at radius 2 is 1.71 bits per heavy atom. The van der Waals surface area contributed by atoms with Gasteiger partial charge >= 0.3 is 10.2 Å².